The molecule has 0 bridgehead atoms. The summed E-state index contributed by atoms with van der Waals surface area (Å²) in [5.74, 6) is -0.00388. The number of aromatic nitrogens is 3. The van der Waals surface area contributed by atoms with Gasteiger partial charge in [0.25, 0.3) is 0 Å². The standard InChI is InChI=1S/C22H20N4O/c27-21(14-17-15-25-26(16-17)20-9-2-1-3-10-20)23-13-11-19-7-4-6-18-8-5-12-24-22(18)19/h1-10,12,15-16H,11,13-14H2,(H,23,27). The number of para-hydroxylation sites is 2. The Hall–Kier alpha value is -3.47. The van der Waals surface area contributed by atoms with Crippen molar-refractivity contribution < 1.29 is 4.79 Å². The third kappa shape index (κ3) is 4.03. The Balaban J connectivity index is 1.33. The smallest absolute Gasteiger partial charge is 0.224 e. The number of fused-ring (bicyclic) bond motifs is 1. The minimum atomic E-state index is -0.00388. The summed E-state index contributed by atoms with van der Waals surface area (Å²) >= 11 is 0. The third-order valence-corrected chi connectivity index (χ3v) is 4.45. The number of pyridine rings is 1. The summed E-state index contributed by atoms with van der Waals surface area (Å²) in [6.07, 6.45) is 6.50. The molecule has 2 aromatic heterocycles. The van der Waals surface area contributed by atoms with E-state index in [1.807, 2.05) is 48.7 Å². The van der Waals surface area contributed by atoms with Crippen molar-refractivity contribution >= 4 is 16.8 Å². The van der Waals surface area contributed by atoms with Gasteiger partial charge in [-0.25, -0.2) is 4.68 Å². The Labute approximate surface area is 157 Å². The number of nitrogens with one attached hydrogen (secondary N) is 1. The first-order chi connectivity index (χ1) is 13.3. The van der Waals surface area contributed by atoms with Crippen molar-refractivity contribution in [2.45, 2.75) is 12.8 Å². The normalized spacial score (nSPS) is 10.8. The lowest BCUT2D eigenvalue weighted by Crippen LogP contribution is -2.27. The number of hydrogen-bond donors (Lipinski definition) is 1. The van der Waals surface area contributed by atoms with Crippen molar-refractivity contribution in [3.63, 3.8) is 0 Å². The third-order valence-electron chi connectivity index (χ3n) is 4.45. The number of hydrogen-bond acceptors (Lipinski definition) is 3. The van der Waals surface area contributed by atoms with E-state index in [-0.39, 0.29) is 5.91 Å². The number of benzene rings is 2. The predicted molar refractivity (Wildman–Crippen MR) is 106 cm³/mol. The molecule has 0 saturated carbocycles. The van der Waals surface area contributed by atoms with Gasteiger partial charge in [-0.1, -0.05) is 42.5 Å². The number of carbonyl (C=O) groups excluding carboxylic acids is 1. The fraction of sp³-hybridized carbons (Fsp3) is 0.136. The Kier molecular flexibility index (Phi) is 4.92. The Morgan fingerprint density at radius 1 is 1.00 bits per heavy atom. The Bertz CT molecular complexity index is 1050. The van der Waals surface area contributed by atoms with Gasteiger partial charge in [-0.2, -0.15) is 5.10 Å². The molecule has 134 valence electrons. The SMILES string of the molecule is O=C(Cc1cnn(-c2ccccc2)c1)NCCc1cccc2cccnc12. The van der Waals surface area contributed by atoms with Crippen molar-refractivity contribution in [1.29, 1.82) is 0 Å². The highest BCUT2D eigenvalue weighted by Gasteiger charge is 2.07. The van der Waals surface area contributed by atoms with Crippen LogP contribution < -0.4 is 5.32 Å². The van der Waals surface area contributed by atoms with Gasteiger partial charge in [0.15, 0.2) is 0 Å². The molecule has 0 atom stereocenters. The van der Waals surface area contributed by atoms with Crippen LogP contribution in [0.25, 0.3) is 16.6 Å². The lowest BCUT2D eigenvalue weighted by atomic mass is 10.1. The second-order valence-electron chi connectivity index (χ2n) is 6.40. The number of carbonyl (C=O) groups is 1. The summed E-state index contributed by atoms with van der Waals surface area (Å²) in [6.45, 7) is 0.585. The fourth-order valence-corrected chi connectivity index (χ4v) is 3.13. The number of amides is 1. The molecule has 5 heteroatoms. The predicted octanol–water partition coefficient (Wildman–Crippen LogP) is 3.32. The quantitative estimate of drug-likeness (QED) is 0.576. The maximum Gasteiger partial charge on any atom is 0.224 e. The number of rotatable bonds is 6. The van der Waals surface area contributed by atoms with Gasteiger partial charge in [-0.05, 0) is 35.7 Å². The molecule has 2 aromatic carbocycles. The molecule has 0 aliphatic rings. The average Bonchev–Trinajstić information content (AvgIpc) is 3.17. The second kappa shape index (κ2) is 7.83. The summed E-state index contributed by atoms with van der Waals surface area (Å²) in [7, 11) is 0. The molecule has 0 radical (unpaired) electrons. The first-order valence-corrected chi connectivity index (χ1v) is 8.98. The Morgan fingerprint density at radius 3 is 2.74 bits per heavy atom. The van der Waals surface area contributed by atoms with Gasteiger partial charge in [0.2, 0.25) is 5.91 Å². The summed E-state index contributed by atoms with van der Waals surface area (Å²) < 4.78 is 1.78. The van der Waals surface area contributed by atoms with Gasteiger partial charge < -0.3 is 5.32 Å². The Morgan fingerprint density at radius 2 is 1.85 bits per heavy atom. The molecule has 4 rings (SSSR count). The van der Waals surface area contributed by atoms with Crippen LogP contribution in [0, 0.1) is 0 Å². The molecule has 0 aliphatic heterocycles. The minimum absolute atomic E-state index is 0.00388. The number of nitrogens with zero attached hydrogens (tertiary/aromatic N) is 3. The van der Waals surface area contributed by atoms with E-state index in [9.17, 15) is 4.79 Å². The molecule has 27 heavy (non-hydrogen) atoms. The van der Waals surface area contributed by atoms with Crippen LogP contribution >= 0.6 is 0 Å². The van der Waals surface area contributed by atoms with Crippen LogP contribution in [-0.4, -0.2) is 27.2 Å². The van der Waals surface area contributed by atoms with E-state index in [1.54, 1.807) is 17.1 Å². The first-order valence-electron chi connectivity index (χ1n) is 8.98. The molecule has 5 nitrogen and oxygen atoms in total. The maximum atomic E-state index is 12.2. The van der Waals surface area contributed by atoms with Gasteiger partial charge in [0, 0.05) is 24.3 Å². The summed E-state index contributed by atoms with van der Waals surface area (Å²) in [5.41, 5.74) is 4.01. The molecule has 1 amide bonds. The zero-order valence-electron chi connectivity index (χ0n) is 14.9. The van der Waals surface area contributed by atoms with Crippen LogP contribution in [0.2, 0.25) is 0 Å². The van der Waals surface area contributed by atoms with Crippen LogP contribution in [0.15, 0.2) is 79.3 Å². The summed E-state index contributed by atoms with van der Waals surface area (Å²) in [4.78, 5) is 16.7. The van der Waals surface area contributed by atoms with E-state index in [4.69, 9.17) is 0 Å². The van der Waals surface area contributed by atoms with E-state index < -0.39 is 0 Å². The van der Waals surface area contributed by atoms with Crippen LogP contribution in [0.3, 0.4) is 0 Å². The fourth-order valence-electron chi connectivity index (χ4n) is 3.13. The van der Waals surface area contributed by atoms with Crippen molar-refractivity contribution in [1.82, 2.24) is 20.1 Å². The molecule has 1 N–H and O–H groups in total. The van der Waals surface area contributed by atoms with E-state index in [1.165, 1.54) is 0 Å². The van der Waals surface area contributed by atoms with Gasteiger partial charge in [-0.3, -0.25) is 9.78 Å². The minimum Gasteiger partial charge on any atom is -0.355 e. The molecular formula is C22H20N4O. The highest BCUT2D eigenvalue weighted by atomic mass is 16.1. The molecule has 0 unspecified atom stereocenters. The van der Waals surface area contributed by atoms with Crippen LogP contribution in [0.4, 0.5) is 0 Å². The van der Waals surface area contributed by atoms with Crippen LogP contribution in [0.5, 0.6) is 0 Å². The van der Waals surface area contributed by atoms with Crippen molar-refractivity contribution in [2.24, 2.45) is 0 Å². The highest BCUT2D eigenvalue weighted by Crippen LogP contribution is 2.16. The topological polar surface area (TPSA) is 59.8 Å². The molecule has 0 saturated heterocycles. The molecular weight excluding hydrogens is 336 g/mol. The van der Waals surface area contributed by atoms with E-state index in [0.717, 1.165) is 34.1 Å². The molecule has 0 fully saturated rings. The summed E-state index contributed by atoms with van der Waals surface area (Å²) in [6, 6.07) is 20.0. The summed E-state index contributed by atoms with van der Waals surface area (Å²) in [5, 5.41) is 8.44. The highest BCUT2D eigenvalue weighted by molar-refractivity contribution is 5.82. The molecule has 0 aliphatic carbocycles. The van der Waals surface area contributed by atoms with E-state index in [0.29, 0.717) is 13.0 Å². The molecule has 2 heterocycles. The zero-order valence-corrected chi connectivity index (χ0v) is 14.9. The van der Waals surface area contributed by atoms with E-state index in [2.05, 4.69) is 33.6 Å². The molecule has 0 spiro atoms. The maximum absolute atomic E-state index is 12.2. The zero-order chi connectivity index (χ0) is 18.5. The van der Waals surface area contributed by atoms with Crippen LogP contribution in [-0.2, 0) is 17.6 Å². The van der Waals surface area contributed by atoms with Crippen molar-refractivity contribution in [2.75, 3.05) is 6.54 Å². The lowest BCUT2D eigenvalue weighted by Gasteiger charge is -2.07. The van der Waals surface area contributed by atoms with Crippen molar-refractivity contribution in [3.8, 4) is 5.69 Å². The van der Waals surface area contributed by atoms with E-state index >= 15 is 0 Å². The van der Waals surface area contributed by atoms with Crippen molar-refractivity contribution in [3.05, 3.63) is 90.4 Å². The second-order valence-corrected chi connectivity index (χ2v) is 6.40. The average molecular weight is 356 g/mol. The lowest BCUT2D eigenvalue weighted by molar-refractivity contribution is -0.120. The van der Waals surface area contributed by atoms with Crippen LogP contribution in [0.1, 0.15) is 11.1 Å². The first kappa shape index (κ1) is 17.0. The van der Waals surface area contributed by atoms with Gasteiger partial charge >= 0.3 is 0 Å². The van der Waals surface area contributed by atoms with Gasteiger partial charge in [0.05, 0.1) is 23.8 Å². The molecule has 4 aromatic rings. The largest absolute Gasteiger partial charge is 0.355 e. The monoisotopic (exact) mass is 356 g/mol. The van der Waals surface area contributed by atoms with Gasteiger partial charge in [0.1, 0.15) is 0 Å². The van der Waals surface area contributed by atoms with Gasteiger partial charge in [-0.15, -0.1) is 0 Å².